The molecule has 0 aliphatic rings. The minimum atomic E-state index is -0.217. The quantitative estimate of drug-likeness (QED) is 0.745. The Kier molecular flexibility index (Phi) is 6.62. The van der Waals surface area contributed by atoms with Crippen LogP contribution in [0.15, 0.2) is 18.2 Å². The van der Waals surface area contributed by atoms with Crippen molar-refractivity contribution < 1.29 is 14.3 Å². The van der Waals surface area contributed by atoms with Crippen molar-refractivity contribution >= 4 is 17.5 Å². The molecule has 19 heavy (non-hydrogen) atoms. The van der Waals surface area contributed by atoms with Gasteiger partial charge in [0, 0.05) is 30.3 Å². The Labute approximate surface area is 118 Å². The summed E-state index contributed by atoms with van der Waals surface area (Å²) in [7, 11) is 1.57. The minimum absolute atomic E-state index is 0.0644. The van der Waals surface area contributed by atoms with Crippen LogP contribution >= 0.6 is 11.6 Å². The van der Waals surface area contributed by atoms with Crippen molar-refractivity contribution in [1.29, 1.82) is 0 Å². The lowest BCUT2D eigenvalue weighted by atomic mass is 10.1. The summed E-state index contributed by atoms with van der Waals surface area (Å²) in [5.74, 6) is 0.365. The maximum absolute atomic E-state index is 11.5. The third-order valence-electron chi connectivity index (χ3n) is 2.45. The Morgan fingerprint density at radius 3 is 2.89 bits per heavy atom. The maximum atomic E-state index is 11.5. The molecule has 0 aromatic heterocycles. The molecule has 0 fully saturated rings. The van der Waals surface area contributed by atoms with Gasteiger partial charge >= 0.3 is 0 Å². The zero-order valence-corrected chi connectivity index (χ0v) is 11.9. The largest absolute Gasteiger partial charge is 0.483 e. The van der Waals surface area contributed by atoms with Crippen LogP contribution in [0, 0.1) is 0 Å². The Hall–Kier alpha value is -1.30. The van der Waals surface area contributed by atoms with Gasteiger partial charge in [0.15, 0.2) is 6.61 Å². The first-order valence-electron chi connectivity index (χ1n) is 5.98. The smallest absolute Gasteiger partial charge is 0.258 e. The van der Waals surface area contributed by atoms with Crippen LogP contribution in [0.1, 0.15) is 18.5 Å². The zero-order valence-electron chi connectivity index (χ0n) is 11.1. The number of ether oxygens (including phenoxy) is 2. The number of carbonyl (C=O) groups excluding carboxylic acids is 1. The molecular weight excluding hydrogens is 268 g/mol. The van der Waals surface area contributed by atoms with Gasteiger partial charge < -0.3 is 20.5 Å². The van der Waals surface area contributed by atoms with E-state index >= 15 is 0 Å². The zero-order chi connectivity index (χ0) is 14.3. The third-order valence-corrected chi connectivity index (χ3v) is 2.68. The molecule has 1 unspecified atom stereocenters. The summed E-state index contributed by atoms with van der Waals surface area (Å²) in [6, 6.07) is 4.93. The average molecular weight is 287 g/mol. The maximum Gasteiger partial charge on any atom is 0.258 e. The van der Waals surface area contributed by atoms with Crippen molar-refractivity contribution in [2.24, 2.45) is 5.73 Å². The summed E-state index contributed by atoms with van der Waals surface area (Å²) < 4.78 is 10.3. The topological polar surface area (TPSA) is 73.6 Å². The van der Waals surface area contributed by atoms with Crippen molar-refractivity contribution in [2.45, 2.75) is 13.0 Å². The first-order chi connectivity index (χ1) is 9.04. The van der Waals surface area contributed by atoms with Gasteiger partial charge in [-0.05, 0) is 25.1 Å². The molecular formula is C13H19ClN2O3. The number of benzene rings is 1. The Balaban J connectivity index is 2.55. The van der Waals surface area contributed by atoms with Gasteiger partial charge in [0.05, 0.1) is 6.61 Å². The molecule has 5 nitrogen and oxygen atoms in total. The van der Waals surface area contributed by atoms with E-state index in [1.165, 1.54) is 0 Å². The van der Waals surface area contributed by atoms with Crippen LogP contribution in [0.4, 0.5) is 0 Å². The van der Waals surface area contributed by atoms with Crippen LogP contribution in [0.2, 0.25) is 5.02 Å². The number of carbonyl (C=O) groups is 1. The second-order valence-electron chi connectivity index (χ2n) is 4.10. The average Bonchev–Trinajstić information content (AvgIpc) is 2.37. The highest BCUT2D eigenvalue weighted by molar-refractivity contribution is 6.30. The molecule has 0 saturated carbocycles. The molecule has 1 aromatic rings. The van der Waals surface area contributed by atoms with Gasteiger partial charge in [0.2, 0.25) is 0 Å². The number of hydrogen-bond donors (Lipinski definition) is 2. The summed E-state index contributed by atoms with van der Waals surface area (Å²) >= 11 is 5.90. The Morgan fingerprint density at radius 1 is 1.53 bits per heavy atom. The Morgan fingerprint density at radius 2 is 2.26 bits per heavy atom. The number of hydrogen-bond acceptors (Lipinski definition) is 4. The molecule has 106 valence electrons. The molecule has 0 aliphatic carbocycles. The molecule has 0 aliphatic heterocycles. The highest BCUT2D eigenvalue weighted by Crippen LogP contribution is 2.27. The van der Waals surface area contributed by atoms with Crippen molar-refractivity contribution in [3.63, 3.8) is 0 Å². The van der Waals surface area contributed by atoms with E-state index in [0.29, 0.717) is 23.9 Å². The first kappa shape index (κ1) is 15.8. The lowest BCUT2D eigenvalue weighted by Crippen LogP contribution is -2.31. The number of halogens is 1. The fraction of sp³-hybridized carbons (Fsp3) is 0.462. The van der Waals surface area contributed by atoms with Gasteiger partial charge in [0.25, 0.3) is 5.91 Å². The molecule has 1 rings (SSSR count). The van der Waals surface area contributed by atoms with Crippen molar-refractivity contribution in [3.8, 4) is 5.75 Å². The fourth-order valence-electron chi connectivity index (χ4n) is 1.49. The van der Waals surface area contributed by atoms with Gasteiger partial charge in [0.1, 0.15) is 5.75 Å². The molecule has 0 radical (unpaired) electrons. The predicted octanol–water partition coefficient (Wildman–Crippen LogP) is 1.50. The summed E-state index contributed by atoms with van der Waals surface area (Å²) in [6.45, 7) is 2.69. The summed E-state index contributed by atoms with van der Waals surface area (Å²) in [5, 5.41) is 3.25. The molecule has 1 aromatic carbocycles. The van der Waals surface area contributed by atoms with Crippen LogP contribution in [-0.2, 0) is 9.53 Å². The molecule has 0 saturated heterocycles. The van der Waals surface area contributed by atoms with E-state index in [9.17, 15) is 4.79 Å². The van der Waals surface area contributed by atoms with E-state index in [2.05, 4.69) is 5.32 Å². The molecule has 1 amide bonds. The van der Waals surface area contributed by atoms with Crippen LogP contribution < -0.4 is 15.8 Å². The van der Waals surface area contributed by atoms with Crippen molar-refractivity contribution in [2.75, 3.05) is 26.9 Å². The number of rotatable bonds is 7. The Bertz CT molecular complexity index is 424. The highest BCUT2D eigenvalue weighted by Gasteiger charge is 2.10. The molecule has 0 spiro atoms. The van der Waals surface area contributed by atoms with E-state index in [0.717, 1.165) is 5.56 Å². The van der Waals surface area contributed by atoms with Crippen molar-refractivity contribution in [3.05, 3.63) is 28.8 Å². The number of nitrogens with two attached hydrogens (primary N) is 1. The second-order valence-corrected chi connectivity index (χ2v) is 4.54. The van der Waals surface area contributed by atoms with Gasteiger partial charge in [-0.1, -0.05) is 11.6 Å². The second kappa shape index (κ2) is 7.99. The molecule has 1 atom stereocenters. The standard InChI is InChI=1S/C13H19ClN2O3/c1-9(15)11-7-10(14)3-4-12(11)19-8-13(17)16-5-6-18-2/h3-4,7,9H,5-6,8,15H2,1-2H3,(H,16,17). The van der Waals surface area contributed by atoms with E-state index in [4.69, 9.17) is 26.8 Å². The molecule has 0 bridgehead atoms. The summed E-state index contributed by atoms with van der Waals surface area (Å²) in [6.07, 6.45) is 0. The van der Waals surface area contributed by atoms with Crippen LogP contribution in [0.3, 0.4) is 0 Å². The van der Waals surface area contributed by atoms with Crippen LogP contribution in [0.25, 0.3) is 0 Å². The number of amides is 1. The third kappa shape index (κ3) is 5.46. The summed E-state index contributed by atoms with van der Waals surface area (Å²) in [4.78, 5) is 11.5. The van der Waals surface area contributed by atoms with Crippen LogP contribution in [0.5, 0.6) is 5.75 Å². The predicted molar refractivity (Wildman–Crippen MR) is 74.4 cm³/mol. The normalized spacial score (nSPS) is 12.0. The minimum Gasteiger partial charge on any atom is -0.483 e. The number of nitrogens with one attached hydrogen (secondary N) is 1. The molecule has 6 heteroatoms. The monoisotopic (exact) mass is 286 g/mol. The highest BCUT2D eigenvalue weighted by atomic mass is 35.5. The van der Waals surface area contributed by atoms with Crippen molar-refractivity contribution in [1.82, 2.24) is 5.32 Å². The van der Waals surface area contributed by atoms with E-state index in [1.54, 1.807) is 25.3 Å². The number of methoxy groups -OCH3 is 1. The molecule has 3 N–H and O–H groups in total. The SMILES string of the molecule is COCCNC(=O)COc1ccc(Cl)cc1C(C)N. The van der Waals surface area contributed by atoms with Gasteiger partial charge in [-0.25, -0.2) is 0 Å². The van der Waals surface area contributed by atoms with Gasteiger partial charge in [-0.15, -0.1) is 0 Å². The van der Waals surface area contributed by atoms with E-state index in [1.807, 2.05) is 6.92 Å². The summed E-state index contributed by atoms with van der Waals surface area (Å²) in [5.41, 5.74) is 6.61. The first-order valence-corrected chi connectivity index (χ1v) is 6.36. The van der Waals surface area contributed by atoms with Gasteiger partial charge in [-0.2, -0.15) is 0 Å². The molecule has 0 heterocycles. The lowest BCUT2D eigenvalue weighted by molar-refractivity contribution is -0.123. The van der Waals surface area contributed by atoms with Crippen LogP contribution in [-0.4, -0.2) is 32.8 Å². The van der Waals surface area contributed by atoms with E-state index in [-0.39, 0.29) is 18.6 Å². The fourth-order valence-corrected chi connectivity index (χ4v) is 1.67. The van der Waals surface area contributed by atoms with Gasteiger partial charge in [-0.3, -0.25) is 4.79 Å². The lowest BCUT2D eigenvalue weighted by Gasteiger charge is -2.14. The van der Waals surface area contributed by atoms with E-state index < -0.39 is 0 Å².